The van der Waals surface area contributed by atoms with E-state index in [2.05, 4.69) is 15.5 Å². The van der Waals surface area contributed by atoms with Gasteiger partial charge in [-0.05, 0) is 26.0 Å². The summed E-state index contributed by atoms with van der Waals surface area (Å²) in [6.07, 6.45) is 0. The van der Waals surface area contributed by atoms with Gasteiger partial charge >= 0.3 is 0 Å². The van der Waals surface area contributed by atoms with Crippen LogP contribution in [0.5, 0.6) is 0 Å². The van der Waals surface area contributed by atoms with Gasteiger partial charge in [-0.25, -0.2) is 8.78 Å². The number of anilines is 1. The molecule has 6 heteroatoms. The molecule has 2 rings (SSSR count). The standard InChI is InChI=1S/C12H11F2N3O/c1-6-7(2)16-17-10(6)12(18)15-11-8(13)4-3-5-9(11)14/h3-5H,1-2H3,(H,15,18)(H,16,17). The summed E-state index contributed by atoms with van der Waals surface area (Å²) >= 11 is 0. The molecular formula is C12H11F2N3O. The largest absolute Gasteiger partial charge is 0.316 e. The normalized spacial score (nSPS) is 10.4. The third-order valence-corrected chi connectivity index (χ3v) is 2.67. The molecule has 2 N–H and O–H groups in total. The Morgan fingerprint density at radius 3 is 2.39 bits per heavy atom. The number of nitrogens with zero attached hydrogens (tertiary/aromatic N) is 1. The van der Waals surface area contributed by atoms with E-state index in [0.717, 1.165) is 17.8 Å². The van der Waals surface area contributed by atoms with Gasteiger partial charge in [0, 0.05) is 11.3 Å². The predicted molar refractivity (Wildman–Crippen MR) is 62.4 cm³/mol. The average Bonchev–Trinajstić information content (AvgIpc) is 2.65. The number of carbonyl (C=O) groups excluding carboxylic acids is 1. The second-order valence-electron chi connectivity index (χ2n) is 3.87. The molecule has 0 bridgehead atoms. The second-order valence-corrected chi connectivity index (χ2v) is 3.87. The molecule has 0 saturated carbocycles. The topological polar surface area (TPSA) is 57.8 Å². The molecule has 1 heterocycles. The van der Waals surface area contributed by atoms with Gasteiger partial charge in [0.25, 0.3) is 5.91 Å². The Morgan fingerprint density at radius 1 is 1.28 bits per heavy atom. The van der Waals surface area contributed by atoms with Crippen molar-refractivity contribution in [3.8, 4) is 0 Å². The van der Waals surface area contributed by atoms with Crippen LogP contribution in [0.25, 0.3) is 0 Å². The zero-order valence-electron chi connectivity index (χ0n) is 9.84. The number of aryl methyl sites for hydroxylation is 1. The number of para-hydroxylation sites is 1. The number of amides is 1. The third-order valence-electron chi connectivity index (χ3n) is 2.67. The summed E-state index contributed by atoms with van der Waals surface area (Å²) in [5, 5.41) is 8.60. The summed E-state index contributed by atoms with van der Waals surface area (Å²) < 4.78 is 26.7. The minimum Gasteiger partial charge on any atom is -0.316 e. The van der Waals surface area contributed by atoms with Gasteiger partial charge in [0.2, 0.25) is 0 Å². The van der Waals surface area contributed by atoms with E-state index in [1.54, 1.807) is 13.8 Å². The molecule has 0 aliphatic heterocycles. The van der Waals surface area contributed by atoms with Crippen LogP contribution in [-0.4, -0.2) is 16.1 Å². The predicted octanol–water partition coefficient (Wildman–Crippen LogP) is 2.56. The third kappa shape index (κ3) is 2.09. The van der Waals surface area contributed by atoms with Gasteiger partial charge in [-0.1, -0.05) is 6.07 Å². The highest BCUT2D eigenvalue weighted by atomic mass is 19.1. The highest BCUT2D eigenvalue weighted by Crippen LogP contribution is 2.19. The number of carbonyl (C=O) groups is 1. The van der Waals surface area contributed by atoms with Crippen molar-refractivity contribution in [2.24, 2.45) is 0 Å². The fraction of sp³-hybridized carbons (Fsp3) is 0.167. The van der Waals surface area contributed by atoms with Crippen molar-refractivity contribution < 1.29 is 13.6 Å². The summed E-state index contributed by atoms with van der Waals surface area (Å²) in [6, 6.07) is 3.37. The van der Waals surface area contributed by atoms with Crippen molar-refractivity contribution in [1.29, 1.82) is 0 Å². The van der Waals surface area contributed by atoms with E-state index >= 15 is 0 Å². The number of aromatic nitrogens is 2. The first-order valence-electron chi connectivity index (χ1n) is 5.27. The maximum absolute atomic E-state index is 13.3. The van der Waals surface area contributed by atoms with Gasteiger partial charge in [-0.15, -0.1) is 0 Å². The van der Waals surface area contributed by atoms with E-state index in [-0.39, 0.29) is 5.69 Å². The van der Waals surface area contributed by atoms with E-state index in [1.807, 2.05) is 0 Å². The molecule has 0 atom stereocenters. The molecule has 0 radical (unpaired) electrons. The molecule has 2 aromatic rings. The molecule has 0 fully saturated rings. The zero-order valence-corrected chi connectivity index (χ0v) is 9.84. The second kappa shape index (κ2) is 4.56. The molecule has 94 valence electrons. The molecule has 0 unspecified atom stereocenters. The highest BCUT2D eigenvalue weighted by molar-refractivity contribution is 6.04. The summed E-state index contributed by atoms with van der Waals surface area (Å²) in [5.41, 5.74) is 1.02. The van der Waals surface area contributed by atoms with Crippen molar-refractivity contribution in [2.75, 3.05) is 5.32 Å². The van der Waals surface area contributed by atoms with Crippen LogP contribution in [0.2, 0.25) is 0 Å². The van der Waals surface area contributed by atoms with Gasteiger partial charge in [-0.2, -0.15) is 5.10 Å². The summed E-state index contributed by atoms with van der Waals surface area (Å²) in [7, 11) is 0. The number of halogens is 2. The number of benzene rings is 1. The van der Waals surface area contributed by atoms with E-state index in [4.69, 9.17) is 0 Å². The van der Waals surface area contributed by atoms with E-state index in [9.17, 15) is 13.6 Å². The number of rotatable bonds is 2. The van der Waals surface area contributed by atoms with Crippen molar-refractivity contribution in [3.63, 3.8) is 0 Å². The first kappa shape index (κ1) is 12.2. The van der Waals surface area contributed by atoms with Crippen molar-refractivity contribution in [3.05, 3.63) is 46.8 Å². The fourth-order valence-corrected chi connectivity index (χ4v) is 1.50. The van der Waals surface area contributed by atoms with Gasteiger partial charge in [-0.3, -0.25) is 9.89 Å². The first-order chi connectivity index (χ1) is 8.50. The van der Waals surface area contributed by atoms with E-state index in [1.165, 1.54) is 6.07 Å². The Kier molecular flexibility index (Phi) is 3.10. The van der Waals surface area contributed by atoms with E-state index < -0.39 is 23.2 Å². The van der Waals surface area contributed by atoms with Crippen LogP contribution in [0.3, 0.4) is 0 Å². The SMILES string of the molecule is Cc1[nH]nc(C(=O)Nc2c(F)cccc2F)c1C. The molecule has 1 aromatic carbocycles. The van der Waals surface area contributed by atoms with Gasteiger partial charge in [0.05, 0.1) is 0 Å². The number of aromatic amines is 1. The Balaban J connectivity index is 2.30. The van der Waals surface area contributed by atoms with Crippen LogP contribution in [0, 0.1) is 25.5 Å². The number of H-pyrrole nitrogens is 1. The van der Waals surface area contributed by atoms with Crippen LogP contribution >= 0.6 is 0 Å². The molecule has 0 aliphatic rings. The minimum atomic E-state index is -0.826. The van der Waals surface area contributed by atoms with Crippen LogP contribution < -0.4 is 5.32 Å². The number of hydrogen-bond acceptors (Lipinski definition) is 2. The number of hydrogen-bond donors (Lipinski definition) is 2. The maximum atomic E-state index is 13.3. The quantitative estimate of drug-likeness (QED) is 0.861. The number of nitrogens with one attached hydrogen (secondary N) is 2. The summed E-state index contributed by atoms with van der Waals surface area (Å²) in [4.78, 5) is 11.8. The molecule has 0 aliphatic carbocycles. The molecule has 1 aromatic heterocycles. The lowest BCUT2D eigenvalue weighted by atomic mass is 10.2. The van der Waals surface area contributed by atoms with Gasteiger partial charge in [0.15, 0.2) is 5.69 Å². The van der Waals surface area contributed by atoms with Crippen LogP contribution in [0.1, 0.15) is 21.7 Å². The lowest BCUT2D eigenvalue weighted by molar-refractivity contribution is 0.102. The van der Waals surface area contributed by atoms with Crippen molar-refractivity contribution >= 4 is 11.6 Å². The Morgan fingerprint density at radius 2 is 1.89 bits per heavy atom. The van der Waals surface area contributed by atoms with Crippen LogP contribution in [-0.2, 0) is 0 Å². The van der Waals surface area contributed by atoms with Crippen LogP contribution in [0.15, 0.2) is 18.2 Å². The van der Waals surface area contributed by atoms with Crippen molar-refractivity contribution in [2.45, 2.75) is 13.8 Å². The van der Waals surface area contributed by atoms with Crippen LogP contribution in [0.4, 0.5) is 14.5 Å². The summed E-state index contributed by atoms with van der Waals surface area (Å²) in [6.45, 7) is 3.45. The Bertz CT molecular complexity index is 587. The minimum absolute atomic E-state index is 0.121. The highest BCUT2D eigenvalue weighted by Gasteiger charge is 2.17. The smallest absolute Gasteiger partial charge is 0.276 e. The molecule has 4 nitrogen and oxygen atoms in total. The van der Waals surface area contributed by atoms with Gasteiger partial charge in [0.1, 0.15) is 17.3 Å². The Labute approximate surface area is 102 Å². The molecule has 18 heavy (non-hydrogen) atoms. The van der Waals surface area contributed by atoms with Crippen molar-refractivity contribution in [1.82, 2.24) is 10.2 Å². The van der Waals surface area contributed by atoms with Gasteiger partial charge < -0.3 is 5.32 Å². The zero-order chi connectivity index (χ0) is 13.3. The molecule has 0 spiro atoms. The van der Waals surface area contributed by atoms with E-state index in [0.29, 0.717) is 5.56 Å². The monoisotopic (exact) mass is 251 g/mol. The maximum Gasteiger partial charge on any atom is 0.276 e. The Hall–Kier alpha value is -2.24. The average molecular weight is 251 g/mol. The lowest BCUT2D eigenvalue weighted by Gasteiger charge is -2.06. The molecular weight excluding hydrogens is 240 g/mol. The fourth-order valence-electron chi connectivity index (χ4n) is 1.50. The first-order valence-corrected chi connectivity index (χ1v) is 5.27. The lowest BCUT2D eigenvalue weighted by Crippen LogP contribution is -2.15. The summed E-state index contributed by atoms with van der Waals surface area (Å²) in [5.74, 6) is -2.30. The molecule has 1 amide bonds. The molecule has 0 saturated heterocycles.